The first-order valence-electron chi connectivity index (χ1n) is 7.21. The molecule has 1 aliphatic carbocycles. The summed E-state index contributed by atoms with van der Waals surface area (Å²) in [4.78, 5) is 13.8. The highest BCUT2D eigenvalue weighted by Gasteiger charge is 2.61. The molecule has 6 nitrogen and oxygen atoms in total. The lowest BCUT2D eigenvalue weighted by Gasteiger charge is -2.25. The van der Waals surface area contributed by atoms with Crippen molar-refractivity contribution in [3.05, 3.63) is 12.2 Å². The number of fused-ring (bicyclic) bond motifs is 1. The number of esters is 1. The summed E-state index contributed by atoms with van der Waals surface area (Å²) in [5.74, 6) is -0.309. The first kappa shape index (κ1) is 16.4. The third-order valence-corrected chi connectivity index (χ3v) is 3.79. The SMILES string of the molecule is COCCOCN1[C@@H]2C=C[C@](O)(COC(=O)C(C)(C)C)[C@@H]21. The smallest absolute Gasteiger partial charge is 0.311 e. The van der Waals surface area contributed by atoms with Crippen LogP contribution in [0.1, 0.15) is 20.8 Å². The van der Waals surface area contributed by atoms with Gasteiger partial charge < -0.3 is 19.3 Å². The highest BCUT2D eigenvalue weighted by Crippen LogP contribution is 2.44. The van der Waals surface area contributed by atoms with Crippen molar-refractivity contribution in [1.29, 1.82) is 0 Å². The molecular weight excluding hydrogens is 274 g/mol. The van der Waals surface area contributed by atoms with E-state index >= 15 is 0 Å². The van der Waals surface area contributed by atoms with Crippen molar-refractivity contribution in [2.45, 2.75) is 38.5 Å². The molecule has 2 rings (SSSR count). The van der Waals surface area contributed by atoms with Crippen molar-refractivity contribution >= 4 is 5.97 Å². The fourth-order valence-corrected chi connectivity index (χ4v) is 2.47. The molecule has 1 N–H and O–H groups in total. The molecule has 1 unspecified atom stereocenters. The van der Waals surface area contributed by atoms with Gasteiger partial charge in [-0.15, -0.1) is 0 Å². The van der Waals surface area contributed by atoms with Gasteiger partial charge in [0.05, 0.1) is 24.7 Å². The molecule has 0 amide bonds. The summed E-state index contributed by atoms with van der Waals surface area (Å²) in [6, 6.07) is 0.110. The Morgan fingerprint density at radius 1 is 1.38 bits per heavy atom. The van der Waals surface area contributed by atoms with Crippen LogP contribution in [0, 0.1) is 5.41 Å². The van der Waals surface area contributed by atoms with E-state index in [1.807, 2.05) is 11.0 Å². The van der Waals surface area contributed by atoms with Crippen LogP contribution >= 0.6 is 0 Å². The zero-order valence-electron chi connectivity index (χ0n) is 13.2. The third-order valence-electron chi connectivity index (χ3n) is 3.79. The average molecular weight is 299 g/mol. The minimum atomic E-state index is -1.11. The Morgan fingerprint density at radius 2 is 2.10 bits per heavy atom. The number of nitrogens with zero attached hydrogens (tertiary/aromatic N) is 1. The molecule has 1 saturated heterocycles. The Balaban J connectivity index is 1.79. The van der Waals surface area contributed by atoms with Crippen LogP contribution < -0.4 is 0 Å². The summed E-state index contributed by atoms with van der Waals surface area (Å²) in [5, 5.41) is 10.6. The first-order chi connectivity index (χ1) is 9.79. The Labute approximate surface area is 125 Å². The molecule has 1 heterocycles. The van der Waals surface area contributed by atoms with Crippen LogP contribution in [0.15, 0.2) is 12.2 Å². The summed E-state index contributed by atoms with van der Waals surface area (Å²) in [7, 11) is 1.63. The van der Waals surface area contributed by atoms with E-state index in [4.69, 9.17) is 14.2 Å². The van der Waals surface area contributed by atoms with Crippen LogP contribution in [0.25, 0.3) is 0 Å². The Morgan fingerprint density at radius 3 is 2.71 bits per heavy atom. The fraction of sp³-hybridized carbons (Fsp3) is 0.800. The molecule has 0 aromatic heterocycles. The van der Waals surface area contributed by atoms with Crippen LogP contribution in [0.2, 0.25) is 0 Å². The molecule has 4 atom stereocenters. The molecule has 1 aliphatic heterocycles. The van der Waals surface area contributed by atoms with Crippen molar-refractivity contribution in [3.8, 4) is 0 Å². The van der Waals surface area contributed by atoms with Gasteiger partial charge in [-0.2, -0.15) is 0 Å². The first-order valence-corrected chi connectivity index (χ1v) is 7.21. The Hall–Kier alpha value is -0.950. The number of hydrogen-bond acceptors (Lipinski definition) is 6. The molecule has 0 aromatic carbocycles. The van der Waals surface area contributed by atoms with E-state index in [9.17, 15) is 9.90 Å². The Bertz CT molecular complexity index is 417. The highest BCUT2D eigenvalue weighted by molar-refractivity contribution is 5.75. The molecule has 0 radical (unpaired) electrons. The molecule has 120 valence electrons. The number of methoxy groups -OCH3 is 1. The van der Waals surface area contributed by atoms with Crippen molar-refractivity contribution < 1.29 is 24.1 Å². The lowest BCUT2D eigenvalue weighted by Crippen LogP contribution is -2.41. The minimum Gasteiger partial charge on any atom is -0.462 e. The molecule has 0 bridgehead atoms. The quantitative estimate of drug-likeness (QED) is 0.320. The van der Waals surface area contributed by atoms with E-state index < -0.39 is 11.0 Å². The largest absolute Gasteiger partial charge is 0.462 e. The van der Waals surface area contributed by atoms with Gasteiger partial charge in [-0.25, -0.2) is 0 Å². The van der Waals surface area contributed by atoms with E-state index in [2.05, 4.69) is 0 Å². The van der Waals surface area contributed by atoms with Crippen molar-refractivity contribution in [1.82, 2.24) is 4.90 Å². The number of rotatable bonds is 7. The van der Waals surface area contributed by atoms with Crippen molar-refractivity contribution in [2.75, 3.05) is 33.7 Å². The second-order valence-corrected chi connectivity index (χ2v) is 6.66. The van der Waals surface area contributed by atoms with Gasteiger partial charge in [-0.1, -0.05) is 12.2 Å². The molecule has 21 heavy (non-hydrogen) atoms. The van der Waals surface area contributed by atoms with Crippen molar-refractivity contribution in [3.63, 3.8) is 0 Å². The number of aliphatic hydroxyl groups is 1. The normalized spacial score (nSPS) is 33.9. The minimum absolute atomic E-state index is 0.0185. The lowest BCUT2D eigenvalue weighted by atomic mass is 9.97. The zero-order chi connectivity index (χ0) is 15.7. The molecule has 0 spiro atoms. The van der Waals surface area contributed by atoms with Gasteiger partial charge in [0.25, 0.3) is 0 Å². The van der Waals surface area contributed by atoms with E-state index in [-0.39, 0.29) is 24.7 Å². The van der Waals surface area contributed by atoms with Crippen LogP contribution in [-0.4, -0.2) is 67.3 Å². The lowest BCUT2D eigenvalue weighted by molar-refractivity contribution is -0.158. The topological polar surface area (TPSA) is 68.0 Å². The maximum atomic E-state index is 11.8. The fourth-order valence-electron chi connectivity index (χ4n) is 2.47. The predicted molar refractivity (Wildman–Crippen MR) is 76.6 cm³/mol. The number of ether oxygens (including phenoxy) is 3. The van der Waals surface area contributed by atoms with Crippen molar-refractivity contribution in [2.24, 2.45) is 5.41 Å². The van der Waals surface area contributed by atoms with Gasteiger partial charge in [-0.05, 0) is 20.8 Å². The summed E-state index contributed by atoms with van der Waals surface area (Å²) < 4.78 is 15.6. The standard InChI is InChI=1S/C15H25NO5/c1-14(2,3)13(17)21-9-15(18)6-5-11-12(15)16(11)10-20-8-7-19-4/h5-6,11-12,18H,7-10H2,1-4H3/t11-,12-,15+,16?/m1/s1. The van der Waals surface area contributed by atoms with Gasteiger partial charge in [0.2, 0.25) is 0 Å². The molecule has 1 fully saturated rings. The predicted octanol–water partition coefficient (Wildman–Crippen LogP) is 0.550. The molecule has 2 aliphatic rings. The van der Waals surface area contributed by atoms with Crippen LogP contribution in [-0.2, 0) is 19.0 Å². The van der Waals surface area contributed by atoms with E-state index in [1.165, 1.54) is 0 Å². The maximum Gasteiger partial charge on any atom is 0.311 e. The molecule has 0 aromatic rings. The average Bonchev–Trinajstić information content (AvgIpc) is 3.01. The monoisotopic (exact) mass is 299 g/mol. The molecule has 0 saturated carbocycles. The highest BCUT2D eigenvalue weighted by atomic mass is 16.5. The number of hydrogen-bond donors (Lipinski definition) is 1. The van der Waals surface area contributed by atoms with Gasteiger partial charge in [0, 0.05) is 13.2 Å². The summed E-state index contributed by atoms with van der Waals surface area (Å²) in [6.45, 7) is 6.87. The van der Waals surface area contributed by atoms with Crippen LogP contribution in [0.5, 0.6) is 0 Å². The molecule has 6 heteroatoms. The van der Waals surface area contributed by atoms with E-state index in [0.29, 0.717) is 19.9 Å². The van der Waals surface area contributed by atoms with Gasteiger partial charge >= 0.3 is 5.97 Å². The number of carbonyl (C=O) groups is 1. The maximum absolute atomic E-state index is 11.8. The van der Waals surface area contributed by atoms with Crippen LogP contribution in [0.4, 0.5) is 0 Å². The van der Waals surface area contributed by atoms with Gasteiger partial charge in [0.1, 0.15) is 18.9 Å². The summed E-state index contributed by atoms with van der Waals surface area (Å²) in [5.41, 5.74) is -1.68. The summed E-state index contributed by atoms with van der Waals surface area (Å²) >= 11 is 0. The zero-order valence-corrected chi connectivity index (χ0v) is 13.2. The molecular formula is C15H25NO5. The second kappa shape index (κ2) is 6.04. The van der Waals surface area contributed by atoms with E-state index in [1.54, 1.807) is 34.0 Å². The Kier molecular flexibility index (Phi) is 4.72. The van der Waals surface area contributed by atoms with Crippen LogP contribution in [0.3, 0.4) is 0 Å². The van der Waals surface area contributed by atoms with E-state index in [0.717, 1.165) is 0 Å². The summed E-state index contributed by atoms with van der Waals surface area (Å²) in [6.07, 6.45) is 3.67. The van der Waals surface area contributed by atoms with Gasteiger partial charge in [0.15, 0.2) is 0 Å². The third kappa shape index (κ3) is 3.63. The number of carbonyl (C=O) groups excluding carboxylic acids is 1. The second-order valence-electron chi connectivity index (χ2n) is 6.66. The van der Waals surface area contributed by atoms with Gasteiger partial charge in [-0.3, -0.25) is 9.69 Å².